The molecule has 0 fully saturated rings. The number of hydrogen-bond donors (Lipinski definition) is 0. The van der Waals surface area contributed by atoms with Crippen LogP contribution in [0.3, 0.4) is 0 Å². The minimum absolute atomic E-state index is 0.139. The van der Waals surface area contributed by atoms with Gasteiger partial charge in [-0.2, -0.15) is 10.1 Å². The molecule has 2 aromatic rings. The summed E-state index contributed by atoms with van der Waals surface area (Å²) in [4.78, 5) is 7.87. The molecule has 0 N–H and O–H groups in total. The van der Waals surface area contributed by atoms with Gasteiger partial charge in [0.2, 0.25) is 5.28 Å². The summed E-state index contributed by atoms with van der Waals surface area (Å²) in [6.07, 6.45) is 0. The van der Waals surface area contributed by atoms with E-state index < -0.39 is 0 Å². The highest BCUT2D eigenvalue weighted by Crippen LogP contribution is 2.24. The molecule has 2 heterocycles. The highest BCUT2D eigenvalue weighted by molar-refractivity contribution is 6.35. The zero-order chi connectivity index (χ0) is 9.59. The van der Waals surface area contributed by atoms with Crippen LogP contribution in [0.15, 0.2) is 0 Å². The fraction of sp³-hybridized carbons (Fsp3) is 0.286. The van der Waals surface area contributed by atoms with Crippen molar-refractivity contribution in [1.82, 2.24) is 19.7 Å². The van der Waals surface area contributed by atoms with Gasteiger partial charge in [-0.1, -0.05) is 11.6 Å². The summed E-state index contributed by atoms with van der Waals surface area (Å²) >= 11 is 11.5. The smallest absolute Gasteiger partial charge is 0.225 e. The van der Waals surface area contributed by atoms with Crippen LogP contribution in [0.1, 0.15) is 5.69 Å². The highest BCUT2D eigenvalue weighted by Gasteiger charge is 2.12. The molecule has 0 spiro atoms. The summed E-state index contributed by atoms with van der Waals surface area (Å²) in [5.41, 5.74) is 1.46. The minimum Gasteiger partial charge on any atom is -0.250 e. The van der Waals surface area contributed by atoms with E-state index in [2.05, 4.69) is 15.1 Å². The fourth-order valence-corrected chi connectivity index (χ4v) is 1.77. The third kappa shape index (κ3) is 1.26. The Hall–Kier alpha value is -0.870. The molecule has 68 valence electrons. The Morgan fingerprint density at radius 2 is 1.92 bits per heavy atom. The van der Waals surface area contributed by atoms with Gasteiger partial charge in [0.1, 0.15) is 5.15 Å². The first-order valence-electron chi connectivity index (χ1n) is 3.62. The quantitative estimate of drug-likeness (QED) is 0.500. The molecule has 2 rings (SSSR count). The van der Waals surface area contributed by atoms with Crippen LogP contribution in [0.5, 0.6) is 0 Å². The average Bonchev–Trinajstić information content (AvgIpc) is 2.27. The van der Waals surface area contributed by atoms with E-state index in [1.54, 1.807) is 11.7 Å². The Kier molecular flexibility index (Phi) is 1.89. The summed E-state index contributed by atoms with van der Waals surface area (Å²) in [6, 6.07) is 0. The van der Waals surface area contributed by atoms with E-state index in [0.29, 0.717) is 10.8 Å². The molecule has 0 unspecified atom stereocenters. The Balaban J connectivity index is 2.97. The lowest BCUT2D eigenvalue weighted by Crippen LogP contribution is -1.93. The summed E-state index contributed by atoms with van der Waals surface area (Å²) < 4.78 is 1.63. The molecule has 0 atom stereocenters. The van der Waals surface area contributed by atoms with Crippen molar-refractivity contribution >= 4 is 34.2 Å². The van der Waals surface area contributed by atoms with Crippen molar-refractivity contribution in [1.29, 1.82) is 0 Å². The summed E-state index contributed by atoms with van der Waals surface area (Å²) in [5.74, 6) is 0. The molecular formula is C7H6Cl2N4. The molecular weight excluding hydrogens is 211 g/mol. The molecule has 0 bridgehead atoms. The van der Waals surface area contributed by atoms with Crippen LogP contribution in [0, 0.1) is 6.92 Å². The van der Waals surface area contributed by atoms with Crippen molar-refractivity contribution in [2.45, 2.75) is 6.92 Å². The molecule has 0 aliphatic heterocycles. The minimum atomic E-state index is 0.139. The third-order valence-electron chi connectivity index (χ3n) is 1.79. The van der Waals surface area contributed by atoms with Gasteiger partial charge in [-0.3, -0.25) is 0 Å². The van der Waals surface area contributed by atoms with E-state index in [1.807, 2.05) is 6.92 Å². The van der Waals surface area contributed by atoms with Gasteiger partial charge in [-0.05, 0) is 18.5 Å². The first kappa shape index (κ1) is 8.72. The first-order valence-corrected chi connectivity index (χ1v) is 4.37. The monoisotopic (exact) mass is 216 g/mol. The molecule has 0 saturated heterocycles. The van der Waals surface area contributed by atoms with Gasteiger partial charge in [0.15, 0.2) is 5.65 Å². The number of nitrogens with zero attached hydrogens (tertiary/aromatic N) is 4. The summed E-state index contributed by atoms with van der Waals surface area (Å²) in [6.45, 7) is 1.85. The number of halogens is 2. The van der Waals surface area contributed by atoms with Crippen LogP contribution in [0.2, 0.25) is 10.4 Å². The molecule has 0 aromatic carbocycles. The summed E-state index contributed by atoms with van der Waals surface area (Å²) in [7, 11) is 1.79. The predicted molar refractivity (Wildman–Crippen MR) is 51.1 cm³/mol. The van der Waals surface area contributed by atoms with E-state index in [-0.39, 0.29) is 5.28 Å². The molecule has 13 heavy (non-hydrogen) atoms. The van der Waals surface area contributed by atoms with Crippen molar-refractivity contribution in [2.75, 3.05) is 0 Å². The lowest BCUT2D eigenvalue weighted by atomic mass is 10.3. The third-order valence-corrected chi connectivity index (χ3v) is 2.23. The standard InChI is InChI=1S/C7H6Cl2N4/c1-3-4-5(8)10-7(9)11-6(4)13(2)12-3/h1-2H3. The van der Waals surface area contributed by atoms with E-state index in [0.717, 1.165) is 11.1 Å². The van der Waals surface area contributed by atoms with Gasteiger partial charge in [-0.15, -0.1) is 0 Å². The number of aromatic nitrogens is 4. The van der Waals surface area contributed by atoms with Gasteiger partial charge in [0.25, 0.3) is 0 Å². The Bertz CT molecular complexity index is 477. The van der Waals surface area contributed by atoms with Crippen LogP contribution in [0.4, 0.5) is 0 Å². The maximum Gasteiger partial charge on any atom is 0.225 e. The predicted octanol–water partition coefficient (Wildman–Crippen LogP) is 1.98. The van der Waals surface area contributed by atoms with Gasteiger partial charge >= 0.3 is 0 Å². The van der Waals surface area contributed by atoms with Gasteiger partial charge < -0.3 is 0 Å². The SMILES string of the molecule is Cc1nn(C)c2nc(Cl)nc(Cl)c12. The second-order valence-electron chi connectivity index (χ2n) is 2.69. The molecule has 0 aliphatic carbocycles. The normalized spacial score (nSPS) is 11.1. The van der Waals surface area contributed by atoms with Crippen molar-refractivity contribution < 1.29 is 0 Å². The molecule has 0 amide bonds. The largest absolute Gasteiger partial charge is 0.250 e. The second kappa shape index (κ2) is 2.82. The van der Waals surface area contributed by atoms with Crippen LogP contribution >= 0.6 is 23.2 Å². The average molecular weight is 217 g/mol. The first-order chi connectivity index (χ1) is 6.09. The van der Waals surface area contributed by atoms with Gasteiger partial charge in [-0.25, -0.2) is 9.67 Å². The lowest BCUT2D eigenvalue weighted by molar-refractivity contribution is 0.773. The molecule has 0 saturated carbocycles. The Labute approximate surface area is 84.5 Å². The zero-order valence-corrected chi connectivity index (χ0v) is 8.56. The summed E-state index contributed by atoms with van der Waals surface area (Å²) in [5, 5.41) is 5.41. The van der Waals surface area contributed by atoms with Crippen molar-refractivity contribution in [3.63, 3.8) is 0 Å². The number of fused-ring (bicyclic) bond motifs is 1. The maximum atomic E-state index is 5.89. The van der Waals surface area contributed by atoms with E-state index in [4.69, 9.17) is 23.2 Å². The molecule has 0 aliphatic rings. The van der Waals surface area contributed by atoms with Gasteiger partial charge in [0.05, 0.1) is 11.1 Å². The van der Waals surface area contributed by atoms with Crippen molar-refractivity contribution in [3.8, 4) is 0 Å². The van der Waals surface area contributed by atoms with Crippen LogP contribution in [-0.4, -0.2) is 19.7 Å². The van der Waals surface area contributed by atoms with Crippen LogP contribution < -0.4 is 0 Å². The van der Waals surface area contributed by atoms with E-state index in [1.165, 1.54) is 0 Å². The van der Waals surface area contributed by atoms with Crippen LogP contribution in [-0.2, 0) is 7.05 Å². The van der Waals surface area contributed by atoms with Crippen molar-refractivity contribution in [2.24, 2.45) is 7.05 Å². The molecule has 2 aromatic heterocycles. The topological polar surface area (TPSA) is 43.6 Å². The number of aryl methyl sites for hydroxylation is 2. The van der Waals surface area contributed by atoms with E-state index in [9.17, 15) is 0 Å². The second-order valence-corrected chi connectivity index (χ2v) is 3.39. The number of rotatable bonds is 0. The Morgan fingerprint density at radius 1 is 1.23 bits per heavy atom. The fourth-order valence-electron chi connectivity index (χ4n) is 1.27. The van der Waals surface area contributed by atoms with Gasteiger partial charge in [0, 0.05) is 7.05 Å². The zero-order valence-electron chi connectivity index (χ0n) is 7.04. The van der Waals surface area contributed by atoms with E-state index >= 15 is 0 Å². The lowest BCUT2D eigenvalue weighted by Gasteiger charge is -1.95. The molecule has 6 heteroatoms. The molecule has 4 nitrogen and oxygen atoms in total. The molecule has 0 radical (unpaired) electrons. The van der Waals surface area contributed by atoms with Crippen molar-refractivity contribution in [3.05, 3.63) is 16.1 Å². The number of hydrogen-bond acceptors (Lipinski definition) is 3. The van der Waals surface area contributed by atoms with Crippen LogP contribution in [0.25, 0.3) is 11.0 Å². The Morgan fingerprint density at radius 3 is 2.62 bits per heavy atom. The maximum absolute atomic E-state index is 5.89. The highest BCUT2D eigenvalue weighted by atomic mass is 35.5.